The number of carbonyl (C=O) groups excluding carboxylic acids is 1. The highest BCUT2D eigenvalue weighted by Gasteiger charge is 2.49. The molecule has 2 atom stereocenters. The Morgan fingerprint density at radius 2 is 1.78 bits per heavy atom. The molecule has 18 heavy (non-hydrogen) atoms. The highest BCUT2D eigenvalue weighted by Crippen LogP contribution is 2.63. The van der Waals surface area contributed by atoms with Crippen molar-refractivity contribution in [1.29, 1.82) is 0 Å². The zero-order valence-electron chi connectivity index (χ0n) is 11.3. The highest BCUT2D eigenvalue weighted by molar-refractivity contribution is 7.74. The smallest absolute Gasteiger partial charge is 0.143 e. The Hall–Kier alpha value is -0.880. The van der Waals surface area contributed by atoms with Crippen LogP contribution in [0, 0.1) is 0 Å². The Morgan fingerprint density at radius 3 is 2.22 bits per heavy atom. The SMILES string of the molecule is CC(C)(C)P(=O)(c1ccccc1)[C@@H]1CCCC1=O. The fraction of sp³-hybridized carbons (Fsp3) is 0.533. The first-order valence-electron chi connectivity index (χ1n) is 6.55. The normalized spacial score (nSPS) is 23.9. The van der Waals surface area contributed by atoms with Crippen LogP contribution in [0.3, 0.4) is 0 Å². The van der Waals surface area contributed by atoms with E-state index >= 15 is 0 Å². The second-order valence-electron chi connectivity index (χ2n) is 6.04. The van der Waals surface area contributed by atoms with E-state index in [0.29, 0.717) is 6.42 Å². The van der Waals surface area contributed by atoms with E-state index < -0.39 is 7.14 Å². The van der Waals surface area contributed by atoms with Gasteiger partial charge in [0, 0.05) is 16.9 Å². The summed E-state index contributed by atoms with van der Waals surface area (Å²) < 4.78 is 13.6. The van der Waals surface area contributed by atoms with Crippen molar-refractivity contribution in [3.63, 3.8) is 0 Å². The second kappa shape index (κ2) is 4.66. The van der Waals surface area contributed by atoms with Crippen molar-refractivity contribution in [3.8, 4) is 0 Å². The Morgan fingerprint density at radius 1 is 1.17 bits per heavy atom. The summed E-state index contributed by atoms with van der Waals surface area (Å²) in [4.78, 5) is 12.1. The predicted octanol–water partition coefficient (Wildman–Crippen LogP) is 3.60. The largest absolute Gasteiger partial charge is 0.317 e. The zero-order valence-corrected chi connectivity index (χ0v) is 12.2. The van der Waals surface area contributed by atoms with Crippen molar-refractivity contribution in [1.82, 2.24) is 0 Å². The summed E-state index contributed by atoms with van der Waals surface area (Å²) in [7, 11) is -2.71. The molecular formula is C15H21O2P. The van der Waals surface area contributed by atoms with Gasteiger partial charge in [-0.3, -0.25) is 4.79 Å². The zero-order chi connectivity index (χ0) is 13.4. The first kappa shape index (κ1) is 13.5. The van der Waals surface area contributed by atoms with Crippen molar-refractivity contribution in [2.24, 2.45) is 0 Å². The van der Waals surface area contributed by atoms with Gasteiger partial charge in [0.2, 0.25) is 0 Å². The molecule has 98 valence electrons. The van der Waals surface area contributed by atoms with E-state index in [1.54, 1.807) is 0 Å². The summed E-state index contributed by atoms with van der Waals surface area (Å²) in [5.74, 6) is 0.192. The Bertz CT molecular complexity index is 485. The fourth-order valence-corrected chi connectivity index (χ4v) is 6.63. The van der Waals surface area contributed by atoms with Crippen LogP contribution in [0.2, 0.25) is 0 Å². The molecule has 0 bridgehead atoms. The van der Waals surface area contributed by atoms with Crippen LogP contribution >= 0.6 is 7.14 Å². The number of ketones is 1. The third-order valence-electron chi connectivity index (χ3n) is 3.85. The maximum absolute atomic E-state index is 13.6. The monoisotopic (exact) mass is 264 g/mol. The number of rotatable bonds is 2. The van der Waals surface area contributed by atoms with E-state index in [9.17, 15) is 9.36 Å². The first-order valence-corrected chi connectivity index (χ1v) is 8.33. The molecule has 1 fully saturated rings. The van der Waals surface area contributed by atoms with Gasteiger partial charge < -0.3 is 4.57 Å². The van der Waals surface area contributed by atoms with E-state index in [4.69, 9.17) is 0 Å². The minimum Gasteiger partial charge on any atom is -0.317 e. The fourth-order valence-electron chi connectivity index (χ4n) is 2.87. The molecule has 2 rings (SSSR count). The van der Waals surface area contributed by atoms with Crippen molar-refractivity contribution in [2.45, 2.75) is 50.8 Å². The van der Waals surface area contributed by atoms with Gasteiger partial charge in [0.1, 0.15) is 12.9 Å². The Balaban J connectivity index is 2.55. The van der Waals surface area contributed by atoms with Gasteiger partial charge in [-0.2, -0.15) is 0 Å². The van der Waals surface area contributed by atoms with E-state index in [1.165, 1.54) is 0 Å². The molecule has 0 heterocycles. The maximum atomic E-state index is 13.6. The molecule has 0 aliphatic heterocycles. The summed E-state index contributed by atoms with van der Waals surface area (Å²) in [6.07, 6.45) is 2.26. The van der Waals surface area contributed by atoms with Gasteiger partial charge in [0.15, 0.2) is 0 Å². The molecule has 0 aromatic heterocycles. The summed E-state index contributed by atoms with van der Waals surface area (Å²) in [5.41, 5.74) is -0.264. The van der Waals surface area contributed by atoms with Crippen LogP contribution in [-0.2, 0) is 9.36 Å². The van der Waals surface area contributed by atoms with Crippen LogP contribution in [0.5, 0.6) is 0 Å². The van der Waals surface area contributed by atoms with Crippen LogP contribution in [0.25, 0.3) is 0 Å². The van der Waals surface area contributed by atoms with Crippen molar-refractivity contribution >= 4 is 18.2 Å². The van der Waals surface area contributed by atoms with Gasteiger partial charge in [0.05, 0.1) is 5.66 Å². The molecule has 1 unspecified atom stereocenters. The van der Waals surface area contributed by atoms with E-state index in [1.807, 2.05) is 51.1 Å². The molecule has 0 spiro atoms. The Kier molecular flexibility index (Phi) is 3.51. The molecule has 3 heteroatoms. The number of hydrogen-bond acceptors (Lipinski definition) is 2. The lowest BCUT2D eigenvalue weighted by atomic mass is 10.2. The molecule has 0 N–H and O–H groups in total. The Labute approximate surface area is 109 Å². The highest BCUT2D eigenvalue weighted by atomic mass is 31.2. The van der Waals surface area contributed by atoms with Gasteiger partial charge >= 0.3 is 0 Å². The number of carbonyl (C=O) groups is 1. The second-order valence-corrected chi connectivity index (χ2v) is 9.84. The summed E-state index contributed by atoms with van der Waals surface area (Å²) >= 11 is 0. The topological polar surface area (TPSA) is 34.1 Å². The third-order valence-corrected chi connectivity index (χ3v) is 8.33. The summed E-state index contributed by atoms with van der Waals surface area (Å²) in [6, 6.07) is 9.57. The van der Waals surface area contributed by atoms with Crippen molar-refractivity contribution < 1.29 is 9.36 Å². The summed E-state index contributed by atoms with van der Waals surface area (Å²) in [6.45, 7) is 5.98. The van der Waals surface area contributed by atoms with Gasteiger partial charge in [-0.1, -0.05) is 51.1 Å². The minimum atomic E-state index is -2.71. The molecule has 1 aliphatic carbocycles. The van der Waals surface area contributed by atoms with Crippen molar-refractivity contribution in [2.75, 3.05) is 0 Å². The van der Waals surface area contributed by atoms with Crippen LogP contribution in [0.4, 0.5) is 0 Å². The predicted molar refractivity (Wildman–Crippen MR) is 76.1 cm³/mol. The first-order chi connectivity index (χ1) is 8.37. The van der Waals surface area contributed by atoms with Crippen LogP contribution < -0.4 is 5.30 Å². The summed E-state index contributed by atoms with van der Waals surface area (Å²) in [5, 5.41) is 0.497. The quantitative estimate of drug-likeness (QED) is 0.765. The van der Waals surface area contributed by atoms with Crippen molar-refractivity contribution in [3.05, 3.63) is 30.3 Å². The lowest BCUT2D eigenvalue weighted by Crippen LogP contribution is -2.33. The average molecular weight is 264 g/mol. The van der Waals surface area contributed by atoms with Gasteiger partial charge in [-0.15, -0.1) is 0 Å². The average Bonchev–Trinajstić information content (AvgIpc) is 2.74. The molecule has 0 saturated heterocycles. The van der Waals surface area contributed by atoms with Crippen LogP contribution in [0.1, 0.15) is 40.0 Å². The lowest BCUT2D eigenvalue weighted by molar-refractivity contribution is -0.117. The molecule has 1 aromatic rings. The van der Waals surface area contributed by atoms with Gasteiger partial charge in [0.25, 0.3) is 0 Å². The minimum absolute atomic E-state index is 0.192. The third kappa shape index (κ3) is 2.07. The van der Waals surface area contributed by atoms with E-state index in [-0.39, 0.29) is 16.6 Å². The van der Waals surface area contributed by atoms with Gasteiger partial charge in [-0.25, -0.2) is 0 Å². The molecule has 0 radical (unpaired) electrons. The molecule has 1 saturated carbocycles. The standard InChI is InChI=1S/C15H21O2P/c1-15(2,3)18(17,12-8-5-4-6-9-12)14-11-7-10-13(14)16/h4-6,8-9,14H,7,10-11H2,1-3H3/t14-,18?/m1/s1. The van der Waals surface area contributed by atoms with Crippen LogP contribution in [0.15, 0.2) is 30.3 Å². The molecule has 1 aliphatic rings. The maximum Gasteiger partial charge on any atom is 0.143 e. The van der Waals surface area contributed by atoms with E-state index in [0.717, 1.165) is 18.1 Å². The number of Topliss-reactive ketones (excluding diaryl/α,β-unsaturated/α-hetero) is 1. The molecular weight excluding hydrogens is 243 g/mol. The van der Waals surface area contributed by atoms with Gasteiger partial charge in [-0.05, 0) is 12.8 Å². The van der Waals surface area contributed by atoms with E-state index in [2.05, 4.69) is 0 Å². The lowest BCUT2D eigenvalue weighted by Gasteiger charge is -2.35. The number of benzene rings is 1. The molecule has 2 nitrogen and oxygen atoms in total. The molecule has 1 aromatic carbocycles. The molecule has 0 amide bonds. The van der Waals surface area contributed by atoms with Crippen LogP contribution in [-0.4, -0.2) is 16.6 Å². The number of hydrogen-bond donors (Lipinski definition) is 0.